The number of nitrogens with zero attached hydrogens (tertiary/aromatic N) is 4. The van der Waals surface area contributed by atoms with Gasteiger partial charge in [-0.1, -0.05) is 36.4 Å². The molecule has 0 bridgehead atoms. The maximum atomic E-state index is 4.81. The maximum Gasteiger partial charge on any atom is 0.146 e. The van der Waals surface area contributed by atoms with Gasteiger partial charge in [0.15, 0.2) is 0 Å². The minimum absolute atomic E-state index is 0.993. The lowest BCUT2D eigenvalue weighted by Crippen LogP contribution is -1.97. The molecule has 0 aliphatic rings. The maximum absolute atomic E-state index is 4.81. The molecule has 9 rings (SSSR count). The van der Waals surface area contributed by atoms with Crippen LogP contribution in [-0.4, -0.2) is 19.1 Å². The summed E-state index contributed by atoms with van der Waals surface area (Å²) < 4.78 is 7.21. The molecule has 0 aliphatic heterocycles. The van der Waals surface area contributed by atoms with Crippen molar-refractivity contribution in [3.8, 4) is 11.4 Å². The summed E-state index contributed by atoms with van der Waals surface area (Å²) in [5.74, 6) is 0. The lowest BCUT2D eigenvalue weighted by molar-refractivity contribution is 1.12. The molecule has 6 heterocycles. The van der Waals surface area contributed by atoms with Crippen molar-refractivity contribution in [2.75, 3.05) is 0 Å². The Bertz CT molecular complexity index is 2180. The van der Waals surface area contributed by atoms with Crippen molar-refractivity contribution in [3.63, 3.8) is 0 Å². The second kappa shape index (κ2) is 7.51. The standard InChI is InChI=1S/C32H18N4S2/c1-3-11-25-21(7-1)27-23-9-5-17-33-29(23)35(31(27)37-25)19-13-15-20(16-14-19)36-30-24(10-6-18-34-30)28-22-8-2-4-12-26(22)38-32(28)36/h1-18H. The third kappa shape index (κ3) is 2.63. The van der Waals surface area contributed by atoms with Gasteiger partial charge in [-0.25, -0.2) is 9.97 Å². The van der Waals surface area contributed by atoms with Crippen LogP contribution < -0.4 is 0 Å². The van der Waals surface area contributed by atoms with Gasteiger partial charge in [0.2, 0.25) is 0 Å². The smallest absolute Gasteiger partial charge is 0.146 e. The highest BCUT2D eigenvalue weighted by Crippen LogP contribution is 2.43. The zero-order valence-corrected chi connectivity index (χ0v) is 21.6. The van der Waals surface area contributed by atoms with Crippen molar-refractivity contribution in [3.05, 3.63) is 109 Å². The zero-order valence-electron chi connectivity index (χ0n) is 20.0. The average molecular weight is 523 g/mol. The van der Waals surface area contributed by atoms with Crippen LogP contribution in [0.15, 0.2) is 109 Å². The molecule has 0 fully saturated rings. The average Bonchev–Trinajstić information content (AvgIpc) is 3.69. The van der Waals surface area contributed by atoms with E-state index >= 15 is 0 Å². The third-order valence-electron chi connectivity index (χ3n) is 7.46. The van der Waals surface area contributed by atoms with E-state index in [4.69, 9.17) is 9.97 Å². The van der Waals surface area contributed by atoms with Crippen molar-refractivity contribution in [1.29, 1.82) is 0 Å². The Morgan fingerprint density at radius 1 is 0.447 bits per heavy atom. The van der Waals surface area contributed by atoms with Gasteiger partial charge in [0.05, 0.1) is 0 Å². The fraction of sp³-hybridized carbons (Fsp3) is 0. The minimum atomic E-state index is 0.993. The van der Waals surface area contributed by atoms with Crippen molar-refractivity contribution < 1.29 is 0 Å². The number of pyridine rings is 2. The molecular formula is C32H18N4S2. The monoisotopic (exact) mass is 522 g/mol. The summed E-state index contributed by atoms with van der Waals surface area (Å²) in [6.45, 7) is 0. The van der Waals surface area contributed by atoms with Crippen molar-refractivity contribution >= 4 is 85.3 Å². The molecule has 4 nitrogen and oxygen atoms in total. The molecule has 178 valence electrons. The highest BCUT2D eigenvalue weighted by molar-refractivity contribution is 7.26. The molecule has 0 N–H and O–H groups in total. The van der Waals surface area contributed by atoms with E-state index in [0.29, 0.717) is 0 Å². The second-order valence-corrected chi connectivity index (χ2v) is 11.6. The van der Waals surface area contributed by atoms with Gasteiger partial charge in [-0.3, -0.25) is 9.13 Å². The molecule has 38 heavy (non-hydrogen) atoms. The summed E-state index contributed by atoms with van der Waals surface area (Å²) in [4.78, 5) is 12.1. The van der Waals surface area contributed by atoms with Crippen LogP contribution in [0, 0.1) is 0 Å². The molecule has 0 spiro atoms. The number of thiophene rings is 2. The van der Waals surface area contributed by atoms with Crippen LogP contribution in [0.25, 0.3) is 74.0 Å². The van der Waals surface area contributed by atoms with Gasteiger partial charge in [0.1, 0.15) is 21.0 Å². The van der Waals surface area contributed by atoms with Crippen LogP contribution in [-0.2, 0) is 0 Å². The number of hydrogen-bond donors (Lipinski definition) is 0. The van der Waals surface area contributed by atoms with Crippen molar-refractivity contribution in [1.82, 2.24) is 19.1 Å². The van der Waals surface area contributed by atoms with Crippen LogP contribution >= 0.6 is 22.7 Å². The predicted octanol–water partition coefficient (Wildman–Crippen LogP) is 9.10. The molecule has 6 aromatic heterocycles. The van der Waals surface area contributed by atoms with E-state index in [-0.39, 0.29) is 0 Å². The van der Waals surface area contributed by atoms with E-state index in [1.165, 1.54) is 51.4 Å². The van der Waals surface area contributed by atoms with E-state index in [1.807, 2.05) is 47.2 Å². The van der Waals surface area contributed by atoms with E-state index < -0.39 is 0 Å². The van der Waals surface area contributed by atoms with Gasteiger partial charge in [-0.15, -0.1) is 22.7 Å². The summed E-state index contributed by atoms with van der Waals surface area (Å²) in [7, 11) is 0. The zero-order chi connectivity index (χ0) is 24.8. The van der Waals surface area contributed by atoms with Gasteiger partial charge in [-0.05, 0) is 60.7 Å². The number of benzene rings is 3. The van der Waals surface area contributed by atoms with Crippen LogP contribution in [0.1, 0.15) is 0 Å². The quantitative estimate of drug-likeness (QED) is 0.227. The van der Waals surface area contributed by atoms with Gasteiger partial charge < -0.3 is 0 Å². The fourth-order valence-electron chi connectivity index (χ4n) is 5.86. The Balaban J connectivity index is 1.30. The van der Waals surface area contributed by atoms with Crippen molar-refractivity contribution in [2.24, 2.45) is 0 Å². The molecule has 0 radical (unpaired) electrons. The van der Waals surface area contributed by atoms with Crippen LogP contribution in [0.3, 0.4) is 0 Å². The SMILES string of the molecule is c1ccc2c(c1)sc1c2c2cccnc2n1-c1ccc(-n2c3ncccc3c3c4ccccc4sc32)cc1. The van der Waals surface area contributed by atoms with Gasteiger partial charge in [-0.2, -0.15) is 0 Å². The molecular weight excluding hydrogens is 505 g/mol. The molecule has 0 amide bonds. The lowest BCUT2D eigenvalue weighted by atomic mass is 10.1. The summed E-state index contributed by atoms with van der Waals surface area (Å²) in [5, 5.41) is 7.53. The number of fused-ring (bicyclic) bond motifs is 10. The van der Waals surface area contributed by atoms with E-state index in [0.717, 1.165) is 22.7 Å². The van der Waals surface area contributed by atoms with E-state index in [1.54, 1.807) is 0 Å². The fourth-order valence-corrected chi connectivity index (χ4v) is 8.34. The Labute approximate surface area is 224 Å². The van der Waals surface area contributed by atoms with Crippen LogP contribution in [0.4, 0.5) is 0 Å². The molecule has 3 aromatic carbocycles. The first-order valence-corrected chi connectivity index (χ1v) is 14.1. The summed E-state index contributed by atoms with van der Waals surface area (Å²) in [6, 6.07) is 34.6. The van der Waals surface area contributed by atoms with Gasteiger partial charge in [0, 0.05) is 65.5 Å². The van der Waals surface area contributed by atoms with Crippen molar-refractivity contribution in [2.45, 2.75) is 0 Å². The largest absolute Gasteiger partial charge is 0.285 e. The molecule has 6 heteroatoms. The molecule has 9 aromatic rings. The van der Waals surface area contributed by atoms with E-state index in [9.17, 15) is 0 Å². The normalized spacial score (nSPS) is 12.2. The van der Waals surface area contributed by atoms with Crippen LogP contribution in [0.5, 0.6) is 0 Å². The predicted molar refractivity (Wildman–Crippen MR) is 161 cm³/mol. The molecule has 0 aliphatic carbocycles. The summed E-state index contributed by atoms with van der Waals surface area (Å²) >= 11 is 3.65. The van der Waals surface area contributed by atoms with Gasteiger partial charge >= 0.3 is 0 Å². The number of hydrogen-bond acceptors (Lipinski definition) is 4. The highest BCUT2D eigenvalue weighted by Gasteiger charge is 2.20. The highest BCUT2D eigenvalue weighted by atomic mass is 32.1. The summed E-state index contributed by atoms with van der Waals surface area (Å²) in [6.07, 6.45) is 3.77. The Kier molecular flexibility index (Phi) is 4.06. The second-order valence-electron chi connectivity index (χ2n) is 9.49. The van der Waals surface area contributed by atoms with E-state index in [2.05, 4.69) is 94.1 Å². The summed E-state index contributed by atoms with van der Waals surface area (Å²) in [5.41, 5.74) is 4.20. The third-order valence-corrected chi connectivity index (χ3v) is 9.77. The molecule has 0 saturated heterocycles. The Hall–Kier alpha value is -4.52. The first-order valence-electron chi connectivity index (χ1n) is 12.5. The van der Waals surface area contributed by atoms with Crippen LogP contribution in [0.2, 0.25) is 0 Å². The number of aromatic nitrogens is 4. The minimum Gasteiger partial charge on any atom is -0.285 e. The molecule has 0 saturated carbocycles. The molecule has 0 atom stereocenters. The Morgan fingerprint density at radius 3 is 1.34 bits per heavy atom. The topological polar surface area (TPSA) is 35.6 Å². The Morgan fingerprint density at radius 2 is 0.868 bits per heavy atom. The molecule has 0 unspecified atom stereocenters. The number of rotatable bonds is 2. The lowest BCUT2D eigenvalue weighted by Gasteiger charge is -2.09. The van der Waals surface area contributed by atoms with Gasteiger partial charge in [0.25, 0.3) is 0 Å². The first-order chi connectivity index (χ1) is 18.9. The first kappa shape index (κ1) is 20.5.